The smallest absolute Gasteiger partial charge is 0.315 e. The number of nitrogens with two attached hydrogens (primary N) is 1. The van der Waals surface area contributed by atoms with Crippen molar-refractivity contribution < 1.29 is 14.4 Å². The molecule has 0 aromatic rings. The van der Waals surface area contributed by atoms with Crippen LogP contribution in [0.25, 0.3) is 0 Å². The molecule has 1 unspecified atom stereocenters. The van der Waals surface area contributed by atoms with Crippen LogP contribution in [0.3, 0.4) is 0 Å². The third kappa shape index (κ3) is 9.38. The summed E-state index contributed by atoms with van der Waals surface area (Å²) in [6, 6.07) is -1.42. The maximum absolute atomic E-state index is 11.6. The average molecular weight is 304 g/mol. The fraction of sp³-hybridized carbons (Fsp3) is 0.615. The van der Waals surface area contributed by atoms with Crippen molar-refractivity contribution in [2.24, 2.45) is 5.73 Å². The van der Waals surface area contributed by atoms with Crippen molar-refractivity contribution in [2.45, 2.75) is 38.6 Å². The molecule has 0 aromatic heterocycles. The van der Waals surface area contributed by atoms with Crippen molar-refractivity contribution in [1.82, 2.24) is 10.6 Å². The lowest BCUT2D eigenvalue weighted by atomic mass is 10.2. The van der Waals surface area contributed by atoms with E-state index in [0.29, 0.717) is 6.54 Å². The first kappa shape index (κ1) is 18.4. The Morgan fingerprint density at radius 3 is 2.50 bits per heavy atom. The van der Waals surface area contributed by atoms with Crippen molar-refractivity contribution in [3.8, 4) is 0 Å². The van der Waals surface area contributed by atoms with Gasteiger partial charge < -0.3 is 16.4 Å². The molecule has 20 heavy (non-hydrogen) atoms. The minimum absolute atomic E-state index is 0.259. The maximum atomic E-state index is 11.6. The number of rotatable bonds is 10. The molecule has 0 aliphatic rings. The van der Waals surface area contributed by atoms with Crippen LogP contribution >= 0.6 is 11.6 Å². The zero-order chi connectivity index (χ0) is 15.4. The molecule has 0 aliphatic carbocycles. The summed E-state index contributed by atoms with van der Waals surface area (Å²) in [5, 5.41) is 5.08. The lowest BCUT2D eigenvalue weighted by Crippen LogP contribution is -2.45. The Morgan fingerprint density at radius 1 is 1.25 bits per heavy atom. The molecule has 0 radical (unpaired) electrons. The Hall–Kier alpha value is -1.56. The quantitative estimate of drug-likeness (QED) is 0.320. The van der Waals surface area contributed by atoms with Gasteiger partial charge >= 0.3 is 6.03 Å². The first-order chi connectivity index (χ1) is 9.51. The second-order valence-corrected chi connectivity index (χ2v) is 4.57. The molecule has 0 spiro atoms. The van der Waals surface area contributed by atoms with Gasteiger partial charge in [-0.1, -0.05) is 26.2 Å². The molecule has 0 saturated heterocycles. The third-order valence-electron chi connectivity index (χ3n) is 2.53. The van der Waals surface area contributed by atoms with Crippen LogP contribution in [0.15, 0.2) is 12.2 Å². The Balaban J connectivity index is 4.19. The topological polar surface area (TPSA) is 101 Å². The number of amides is 3. The van der Waals surface area contributed by atoms with E-state index in [4.69, 9.17) is 17.3 Å². The molecule has 0 aromatic carbocycles. The second kappa shape index (κ2) is 11.3. The fourth-order valence-corrected chi connectivity index (χ4v) is 1.62. The number of Topliss-reactive ketones (excluding diaryl/α,β-unsaturated/α-hetero) is 1. The number of ketones is 1. The van der Waals surface area contributed by atoms with Gasteiger partial charge in [0.25, 0.3) is 0 Å². The van der Waals surface area contributed by atoms with E-state index in [1.165, 1.54) is 6.08 Å². The summed E-state index contributed by atoms with van der Waals surface area (Å²) >= 11 is 5.44. The highest BCUT2D eigenvalue weighted by Crippen LogP contribution is 1.97. The van der Waals surface area contributed by atoms with E-state index in [1.807, 2.05) is 0 Å². The van der Waals surface area contributed by atoms with Gasteiger partial charge in [0.1, 0.15) is 6.04 Å². The van der Waals surface area contributed by atoms with Crippen molar-refractivity contribution >= 4 is 29.3 Å². The lowest BCUT2D eigenvalue weighted by molar-refractivity contribution is -0.117. The summed E-state index contributed by atoms with van der Waals surface area (Å²) in [5.74, 6) is -1.37. The summed E-state index contributed by atoms with van der Waals surface area (Å²) in [7, 11) is 0. The summed E-state index contributed by atoms with van der Waals surface area (Å²) in [4.78, 5) is 33.7. The van der Waals surface area contributed by atoms with Crippen molar-refractivity contribution in [3.05, 3.63) is 12.2 Å². The average Bonchev–Trinajstić information content (AvgIpc) is 2.42. The van der Waals surface area contributed by atoms with Crippen molar-refractivity contribution in [1.29, 1.82) is 0 Å². The first-order valence-corrected chi connectivity index (χ1v) is 7.15. The number of hydrogen-bond acceptors (Lipinski definition) is 3. The highest BCUT2D eigenvalue weighted by atomic mass is 35.5. The lowest BCUT2D eigenvalue weighted by Gasteiger charge is -2.13. The molecule has 4 N–H and O–H groups in total. The van der Waals surface area contributed by atoms with Crippen molar-refractivity contribution in [2.75, 3.05) is 12.4 Å². The molecule has 0 saturated carbocycles. The molecule has 0 bridgehead atoms. The van der Waals surface area contributed by atoms with Crippen LogP contribution in [-0.4, -0.2) is 36.2 Å². The predicted octanol–water partition coefficient (Wildman–Crippen LogP) is 1.08. The van der Waals surface area contributed by atoms with Gasteiger partial charge in [0, 0.05) is 12.6 Å². The fourth-order valence-electron chi connectivity index (χ4n) is 1.46. The van der Waals surface area contributed by atoms with Crippen LogP contribution in [0.5, 0.6) is 0 Å². The van der Waals surface area contributed by atoms with Crippen LogP contribution in [0.1, 0.15) is 32.6 Å². The summed E-state index contributed by atoms with van der Waals surface area (Å²) < 4.78 is 0. The van der Waals surface area contributed by atoms with E-state index in [1.54, 1.807) is 0 Å². The number of carbonyl (C=O) groups is 3. The molecule has 3 amide bonds. The molecule has 114 valence electrons. The number of hydrogen-bond donors (Lipinski definition) is 3. The van der Waals surface area contributed by atoms with E-state index in [2.05, 4.69) is 17.6 Å². The predicted molar refractivity (Wildman–Crippen MR) is 78.5 cm³/mol. The van der Waals surface area contributed by atoms with E-state index in [9.17, 15) is 14.4 Å². The molecule has 0 fully saturated rings. The first-order valence-electron chi connectivity index (χ1n) is 6.62. The molecule has 1 atom stereocenters. The van der Waals surface area contributed by atoms with Gasteiger partial charge in [-0.3, -0.25) is 9.59 Å². The van der Waals surface area contributed by atoms with E-state index < -0.39 is 23.8 Å². The zero-order valence-electron chi connectivity index (χ0n) is 11.7. The SMILES string of the molecule is CCCCCCNC(=O)NC(/C=C/C(N)=O)C(=O)CCl. The Labute approximate surface area is 124 Å². The van der Waals surface area contributed by atoms with E-state index in [-0.39, 0.29) is 5.88 Å². The van der Waals surface area contributed by atoms with Gasteiger partial charge in [-0.2, -0.15) is 0 Å². The monoisotopic (exact) mass is 303 g/mol. The highest BCUT2D eigenvalue weighted by Gasteiger charge is 2.16. The number of primary amides is 1. The minimum atomic E-state index is -0.948. The summed E-state index contributed by atoms with van der Waals surface area (Å²) in [6.45, 7) is 2.64. The Morgan fingerprint density at radius 2 is 1.95 bits per heavy atom. The van der Waals surface area contributed by atoms with Gasteiger partial charge in [0.2, 0.25) is 5.91 Å². The highest BCUT2D eigenvalue weighted by molar-refractivity contribution is 6.28. The third-order valence-corrected chi connectivity index (χ3v) is 2.80. The zero-order valence-corrected chi connectivity index (χ0v) is 12.4. The van der Waals surface area contributed by atoms with Crippen LogP contribution in [0.4, 0.5) is 4.79 Å². The summed E-state index contributed by atoms with van der Waals surface area (Å²) in [5.41, 5.74) is 4.94. The number of halogens is 1. The van der Waals surface area contributed by atoms with E-state index in [0.717, 1.165) is 31.8 Å². The van der Waals surface area contributed by atoms with Crippen LogP contribution in [0.2, 0.25) is 0 Å². The Kier molecular flexibility index (Phi) is 10.4. The molecule has 0 heterocycles. The number of carbonyl (C=O) groups excluding carboxylic acids is 3. The van der Waals surface area contributed by atoms with Crippen LogP contribution in [0, 0.1) is 0 Å². The summed E-state index contributed by atoms with van der Waals surface area (Å²) in [6.07, 6.45) is 6.42. The van der Waals surface area contributed by atoms with E-state index >= 15 is 0 Å². The Bertz CT molecular complexity index is 359. The number of unbranched alkanes of at least 4 members (excludes halogenated alkanes) is 3. The molecule has 0 aliphatic heterocycles. The van der Waals surface area contributed by atoms with Crippen LogP contribution in [-0.2, 0) is 9.59 Å². The van der Waals surface area contributed by atoms with Gasteiger partial charge in [-0.15, -0.1) is 11.6 Å². The molecule has 0 rings (SSSR count). The molecular weight excluding hydrogens is 282 g/mol. The van der Waals surface area contributed by atoms with Gasteiger partial charge in [-0.25, -0.2) is 4.79 Å². The standard InChI is InChI=1S/C13H22ClN3O3/c1-2-3-4-5-8-16-13(20)17-10(11(18)9-14)6-7-12(15)19/h6-7,10H,2-5,8-9H2,1H3,(H2,15,19)(H2,16,17,20)/b7-6+. The number of nitrogens with one attached hydrogen (secondary N) is 2. The normalized spacial score (nSPS) is 12.1. The van der Waals surface area contributed by atoms with Crippen LogP contribution < -0.4 is 16.4 Å². The second-order valence-electron chi connectivity index (χ2n) is 4.30. The van der Waals surface area contributed by atoms with Gasteiger partial charge in [0.15, 0.2) is 5.78 Å². The van der Waals surface area contributed by atoms with Gasteiger partial charge in [-0.05, 0) is 12.5 Å². The minimum Gasteiger partial charge on any atom is -0.366 e. The molecular formula is C13H22ClN3O3. The number of urea groups is 1. The number of alkyl halides is 1. The maximum Gasteiger partial charge on any atom is 0.315 e. The molecule has 6 nitrogen and oxygen atoms in total. The molecule has 7 heteroatoms. The van der Waals surface area contributed by atoms with Gasteiger partial charge in [0.05, 0.1) is 5.88 Å². The largest absolute Gasteiger partial charge is 0.366 e. The van der Waals surface area contributed by atoms with Crippen molar-refractivity contribution in [3.63, 3.8) is 0 Å².